The van der Waals surface area contributed by atoms with Gasteiger partial charge in [-0.2, -0.15) is 0 Å². The number of ether oxygens (including phenoxy) is 2. The summed E-state index contributed by atoms with van der Waals surface area (Å²) >= 11 is 7.08. The number of benzene rings is 1. The van der Waals surface area contributed by atoms with Crippen molar-refractivity contribution in [1.82, 2.24) is 5.32 Å². The van der Waals surface area contributed by atoms with E-state index in [-0.39, 0.29) is 0 Å². The van der Waals surface area contributed by atoms with E-state index in [1.807, 2.05) is 17.4 Å². The molecule has 1 aromatic carbocycles. The Kier molecular flexibility index (Phi) is 5.94. The number of alkyl carbamates (subject to hydrolysis) is 1. The third-order valence-corrected chi connectivity index (χ3v) is 4.37. The minimum absolute atomic E-state index is 0.345. The molecule has 0 bridgehead atoms. The Morgan fingerprint density at radius 1 is 1.12 bits per heavy atom. The predicted octanol–water partition coefficient (Wildman–Crippen LogP) is 3.50. The molecule has 0 aliphatic rings. The third kappa shape index (κ3) is 4.56. The van der Waals surface area contributed by atoms with Gasteiger partial charge < -0.3 is 9.47 Å². The second-order valence-corrected chi connectivity index (χ2v) is 6.22. The van der Waals surface area contributed by atoms with E-state index in [2.05, 4.69) is 4.74 Å². The first-order valence-corrected chi connectivity index (χ1v) is 8.05. The van der Waals surface area contributed by atoms with Crippen molar-refractivity contribution in [3.8, 4) is 10.4 Å². The number of hydrogen-bond donors (Lipinski definition) is 1. The zero-order chi connectivity index (χ0) is 17.7. The summed E-state index contributed by atoms with van der Waals surface area (Å²) < 4.78 is 9.35. The molecule has 24 heavy (non-hydrogen) atoms. The summed E-state index contributed by atoms with van der Waals surface area (Å²) in [5, 5.41) is 2.56. The molecule has 126 valence electrons. The summed E-state index contributed by atoms with van der Waals surface area (Å²) in [4.78, 5) is 35.9. The molecule has 6 nitrogen and oxygen atoms in total. The van der Waals surface area contributed by atoms with Crippen LogP contribution in [0.2, 0.25) is 5.02 Å². The molecule has 0 aliphatic heterocycles. The number of hydrogen-bond acceptors (Lipinski definition) is 6. The highest BCUT2D eigenvalue weighted by Gasteiger charge is 2.22. The number of rotatable bonds is 4. The van der Waals surface area contributed by atoms with Gasteiger partial charge in [0, 0.05) is 9.90 Å². The number of carbonyl (C=O) groups is 3. The third-order valence-electron chi connectivity index (χ3n) is 3.00. The topological polar surface area (TPSA) is 81.7 Å². The first-order chi connectivity index (χ1) is 11.4. The molecule has 0 unspecified atom stereocenters. The number of imide groups is 1. The lowest BCUT2D eigenvalue weighted by Gasteiger charge is -2.11. The van der Waals surface area contributed by atoms with E-state index < -0.39 is 24.1 Å². The van der Waals surface area contributed by atoms with E-state index in [1.54, 1.807) is 24.3 Å². The molecule has 1 atom stereocenters. The van der Waals surface area contributed by atoms with Gasteiger partial charge in [-0.1, -0.05) is 23.7 Å². The molecular formula is C16H14ClNO5S. The lowest BCUT2D eigenvalue weighted by atomic mass is 10.2. The molecule has 2 rings (SSSR count). The SMILES string of the molecule is COC(=O)NC(=O)[C@@H](C)OC(=O)c1ccc(-c2ccc(Cl)cc2)s1. The highest BCUT2D eigenvalue weighted by molar-refractivity contribution is 7.17. The second kappa shape index (κ2) is 7.94. The second-order valence-electron chi connectivity index (χ2n) is 4.70. The maximum absolute atomic E-state index is 12.1. The van der Waals surface area contributed by atoms with E-state index in [0.717, 1.165) is 17.6 Å². The first kappa shape index (κ1) is 18.0. The van der Waals surface area contributed by atoms with Crippen LogP contribution in [0.15, 0.2) is 36.4 Å². The Labute approximate surface area is 147 Å². The van der Waals surface area contributed by atoms with Crippen LogP contribution in [0.3, 0.4) is 0 Å². The summed E-state index contributed by atoms with van der Waals surface area (Å²) in [5.41, 5.74) is 0.917. The van der Waals surface area contributed by atoms with Crippen LogP contribution in [0.4, 0.5) is 4.79 Å². The van der Waals surface area contributed by atoms with Gasteiger partial charge in [-0.25, -0.2) is 9.59 Å². The molecule has 0 saturated heterocycles. The fourth-order valence-corrected chi connectivity index (χ4v) is 2.76. The van der Waals surface area contributed by atoms with Gasteiger partial charge in [0.2, 0.25) is 0 Å². The molecule has 1 N–H and O–H groups in total. The van der Waals surface area contributed by atoms with Gasteiger partial charge in [-0.15, -0.1) is 11.3 Å². The van der Waals surface area contributed by atoms with Crippen molar-refractivity contribution in [1.29, 1.82) is 0 Å². The quantitative estimate of drug-likeness (QED) is 0.836. The number of thiophene rings is 1. The number of amides is 2. The smallest absolute Gasteiger partial charge is 0.413 e. The van der Waals surface area contributed by atoms with Crippen molar-refractivity contribution in [2.45, 2.75) is 13.0 Å². The van der Waals surface area contributed by atoms with Crippen LogP contribution in [0.25, 0.3) is 10.4 Å². The molecule has 0 fully saturated rings. The van der Waals surface area contributed by atoms with Crippen LogP contribution >= 0.6 is 22.9 Å². The highest BCUT2D eigenvalue weighted by atomic mass is 35.5. The summed E-state index contributed by atoms with van der Waals surface area (Å²) in [6.07, 6.45) is -2.04. The molecule has 2 aromatic rings. The molecular weight excluding hydrogens is 354 g/mol. The normalized spacial score (nSPS) is 11.5. The number of esters is 1. The van der Waals surface area contributed by atoms with Gasteiger partial charge in [-0.05, 0) is 36.8 Å². The standard InChI is InChI=1S/C16H14ClNO5S/c1-9(14(19)18-16(21)22-2)23-15(20)13-8-7-12(24-13)10-3-5-11(17)6-4-10/h3-9H,1-2H3,(H,18,19,21)/t9-/m1/s1. The summed E-state index contributed by atoms with van der Waals surface area (Å²) in [6.45, 7) is 1.36. The van der Waals surface area contributed by atoms with E-state index in [0.29, 0.717) is 9.90 Å². The summed E-state index contributed by atoms with van der Waals surface area (Å²) in [6, 6.07) is 10.6. The molecule has 0 spiro atoms. The Balaban J connectivity index is 2.02. The lowest BCUT2D eigenvalue weighted by molar-refractivity contribution is -0.128. The van der Waals surface area contributed by atoms with Crippen molar-refractivity contribution < 1.29 is 23.9 Å². The van der Waals surface area contributed by atoms with Crippen LogP contribution in [0.5, 0.6) is 0 Å². The number of nitrogens with one attached hydrogen (secondary N) is 1. The Morgan fingerprint density at radius 2 is 1.79 bits per heavy atom. The lowest BCUT2D eigenvalue weighted by Crippen LogP contribution is -2.39. The van der Waals surface area contributed by atoms with E-state index >= 15 is 0 Å². The zero-order valence-electron chi connectivity index (χ0n) is 12.9. The monoisotopic (exact) mass is 367 g/mol. The number of carbonyl (C=O) groups excluding carboxylic acids is 3. The van der Waals surface area contributed by atoms with Gasteiger partial charge >= 0.3 is 12.1 Å². The minimum Gasteiger partial charge on any atom is -0.453 e. The van der Waals surface area contributed by atoms with Crippen LogP contribution in [-0.2, 0) is 14.3 Å². The van der Waals surface area contributed by atoms with Crippen molar-refractivity contribution >= 4 is 40.9 Å². The average Bonchev–Trinajstić information content (AvgIpc) is 3.05. The molecule has 8 heteroatoms. The van der Waals surface area contributed by atoms with Gasteiger partial charge in [0.1, 0.15) is 4.88 Å². The van der Waals surface area contributed by atoms with Gasteiger partial charge in [0.05, 0.1) is 7.11 Å². The Hall–Kier alpha value is -2.38. The van der Waals surface area contributed by atoms with E-state index in [1.165, 1.54) is 18.3 Å². The van der Waals surface area contributed by atoms with Gasteiger partial charge in [0.25, 0.3) is 5.91 Å². The molecule has 1 heterocycles. The fourth-order valence-electron chi connectivity index (χ4n) is 1.74. The highest BCUT2D eigenvalue weighted by Crippen LogP contribution is 2.29. The Bertz CT molecular complexity index is 756. The molecule has 0 saturated carbocycles. The van der Waals surface area contributed by atoms with Crippen molar-refractivity contribution in [2.75, 3.05) is 7.11 Å². The summed E-state index contributed by atoms with van der Waals surface area (Å²) in [5.74, 6) is -1.41. The maximum Gasteiger partial charge on any atom is 0.413 e. The van der Waals surface area contributed by atoms with Crippen molar-refractivity contribution in [3.63, 3.8) is 0 Å². The number of halogens is 1. The molecule has 0 radical (unpaired) electrons. The van der Waals surface area contributed by atoms with Gasteiger partial charge in [-0.3, -0.25) is 10.1 Å². The Morgan fingerprint density at radius 3 is 2.42 bits per heavy atom. The van der Waals surface area contributed by atoms with Crippen LogP contribution in [0.1, 0.15) is 16.6 Å². The van der Waals surface area contributed by atoms with Crippen molar-refractivity contribution in [2.24, 2.45) is 0 Å². The van der Waals surface area contributed by atoms with Gasteiger partial charge in [0.15, 0.2) is 6.10 Å². The summed E-state index contributed by atoms with van der Waals surface area (Å²) in [7, 11) is 1.13. The van der Waals surface area contributed by atoms with E-state index in [4.69, 9.17) is 16.3 Å². The molecule has 1 aromatic heterocycles. The van der Waals surface area contributed by atoms with Crippen LogP contribution in [0, 0.1) is 0 Å². The average molecular weight is 368 g/mol. The minimum atomic E-state index is -1.13. The maximum atomic E-state index is 12.1. The molecule has 0 aliphatic carbocycles. The van der Waals surface area contributed by atoms with E-state index in [9.17, 15) is 14.4 Å². The largest absolute Gasteiger partial charge is 0.453 e. The first-order valence-electron chi connectivity index (χ1n) is 6.86. The molecule has 2 amide bonds. The number of methoxy groups -OCH3 is 1. The van der Waals surface area contributed by atoms with Crippen LogP contribution < -0.4 is 5.32 Å². The van der Waals surface area contributed by atoms with Crippen LogP contribution in [-0.4, -0.2) is 31.2 Å². The predicted molar refractivity (Wildman–Crippen MR) is 90.2 cm³/mol. The van der Waals surface area contributed by atoms with Crippen molar-refractivity contribution in [3.05, 3.63) is 46.3 Å². The zero-order valence-corrected chi connectivity index (χ0v) is 14.4. The fraction of sp³-hybridized carbons (Fsp3) is 0.188.